The molecule has 0 radical (unpaired) electrons. The van der Waals surface area contributed by atoms with E-state index in [-0.39, 0.29) is 21.9 Å². The Balaban J connectivity index is 1.50. The standard InChI is InChI=1S/C24H18ClN3O4/c25-20-12-17(8-9-22(20)29)23(30)27-26-13-18-2-1-3-21-19(18)10-11-28(21)14-15-4-6-16(7-5-15)24(31)32/h1-13,29H,14H2,(H,27,30)(H,31,32)/b26-13+. The summed E-state index contributed by atoms with van der Waals surface area (Å²) < 4.78 is 2.06. The van der Waals surface area contributed by atoms with Crippen LogP contribution in [0.4, 0.5) is 0 Å². The molecule has 1 heterocycles. The summed E-state index contributed by atoms with van der Waals surface area (Å²) in [6, 6.07) is 18.7. The van der Waals surface area contributed by atoms with E-state index < -0.39 is 11.9 Å². The van der Waals surface area contributed by atoms with Gasteiger partial charge in [-0.2, -0.15) is 5.10 Å². The lowest BCUT2D eigenvalue weighted by Crippen LogP contribution is -2.17. The molecule has 0 atom stereocenters. The number of carbonyl (C=O) groups is 2. The van der Waals surface area contributed by atoms with Gasteiger partial charge in [0.05, 0.1) is 16.8 Å². The molecule has 32 heavy (non-hydrogen) atoms. The van der Waals surface area contributed by atoms with Crippen molar-refractivity contribution in [1.29, 1.82) is 0 Å². The van der Waals surface area contributed by atoms with Gasteiger partial charge in [0.15, 0.2) is 0 Å². The summed E-state index contributed by atoms with van der Waals surface area (Å²) >= 11 is 5.84. The lowest BCUT2D eigenvalue weighted by molar-refractivity contribution is 0.0696. The van der Waals surface area contributed by atoms with Crippen molar-refractivity contribution < 1.29 is 19.8 Å². The zero-order valence-electron chi connectivity index (χ0n) is 16.7. The highest BCUT2D eigenvalue weighted by atomic mass is 35.5. The molecule has 1 aromatic heterocycles. The number of carboxylic acid groups (broad SMARTS) is 1. The van der Waals surface area contributed by atoms with Gasteiger partial charge in [-0.15, -0.1) is 0 Å². The normalized spacial score (nSPS) is 11.2. The van der Waals surface area contributed by atoms with E-state index in [1.54, 1.807) is 30.5 Å². The summed E-state index contributed by atoms with van der Waals surface area (Å²) in [5.74, 6) is -1.49. The molecule has 0 spiro atoms. The van der Waals surface area contributed by atoms with Crippen LogP contribution in [-0.4, -0.2) is 32.9 Å². The molecular weight excluding hydrogens is 430 g/mol. The Kier molecular flexibility index (Phi) is 5.91. The Bertz CT molecular complexity index is 1340. The monoisotopic (exact) mass is 447 g/mol. The molecule has 0 unspecified atom stereocenters. The maximum atomic E-state index is 12.2. The van der Waals surface area contributed by atoms with E-state index in [1.807, 2.05) is 30.5 Å². The molecular formula is C24H18ClN3O4. The fraction of sp³-hybridized carbons (Fsp3) is 0.0417. The number of hydrogen-bond donors (Lipinski definition) is 3. The number of amides is 1. The van der Waals surface area contributed by atoms with Crippen LogP contribution in [-0.2, 0) is 6.54 Å². The van der Waals surface area contributed by atoms with E-state index in [1.165, 1.54) is 18.2 Å². The number of nitrogens with one attached hydrogen (secondary N) is 1. The molecule has 4 aromatic rings. The number of aromatic hydroxyl groups is 1. The molecule has 4 rings (SSSR count). The highest BCUT2D eigenvalue weighted by Gasteiger charge is 2.09. The quantitative estimate of drug-likeness (QED) is 0.299. The molecule has 0 aliphatic rings. The number of carboxylic acids is 1. The number of hydrazone groups is 1. The summed E-state index contributed by atoms with van der Waals surface area (Å²) in [5, 5.41) is 23.6. The smallest absolute Gasteiger partial charge is 0.335 e. The highest BCUT2D eigenvalue weighted by Crippen LogP contribution is 2.24. The van der Waals surface area contributed by atoms with Crippen LogP contribution in [0.25, 0.3) is 10.9 Å². The van der Waals surface area contributed by atoms with Gasteiger partial charge in [-0.25, -0.2) is 10.2 Å². The second kappa shape index (κ2) is 8.95. The van der Waals surface area contributed by atoms with Crippen LogP contribution in [0.15, 0.2) is 78.0 Å². The van der Waals surface area contributed by atoms with Crippen molar-refractivity contribution >= 4 is 40.6 Å². The second-order valence-corrected chi connectivity index (χ2v) is 7.50. The van der Waals surface area contributed by atoms with E-state index in [9.17, 15) is 14.7 Å². The van der Waals surface area contributed by atoms with Crippen molar-refractivity contribution in [3.63, 3.8) is 0 Å². The molecule has 0 saturated carbocycles. The summed E-state index contributed by atoms with van der Waals surface area (Å²) in [5.41, 5.74) is 5.77. The number of phenolic OH excluding ortho intramolecular Hbond substituents is 1. The van der Waals surface area contributed by atoms with Gasteiger partial charge < -0.3 is 14.8 Å². The number of rotatable bonds is 6. The lowest BCUT2D eigenvalue weighted by Gasteiger charge is -2.07. The second-order valence-electron chi connectivity index (χ2n) is 7.09. The largest absolute Gasteiger partial charge is 0.506 e. The molecule has 3 aromatic carbocycles. The number of carbonyl (C=O) groups excluding carboxylic acids is 1. The minimum Gasteiger partial charge on any atom is -0.506 e. The molecule has 0 saturated heterocycles. The number of phenols is 1. The first-order valence-corrected chi connectivity index (χ1v) is 10.0. The minimum absolute atomic E-state index is 0.0883. The molecule has 7 nitrogen and oxygen atoms in total. The third-order valence-electron chi connectivity index (χ3n) is 4.98. The first-order chi connectivity index (χ1) is 15.4. The van der Waals surface area contributed by atoms with Crippen molar-refractivity contribution in [2.24, 2.45) is 5.10 Å². The van der Waals surface area contributed by atoms with Crippen LogP contribution < -0.4 is 5.43 Å². The van der Waals surface area contributed by atoms with Gasteiger partial charge in [0.1, 0.15) is 5.75 Å². The Morgan fingerprint density at radius 2 is 1.78 bits per heavy atom. The van der Waals surface area contributed by atoms with Gasteiger partial charge >= 0.3 is 5.97 Å². The third-order valence-corrected chi connectivity index (χ3v) is 5.28. The van der Waals surface area contributed by atoms with Crippen molar-refractivity contribution in [2.45, 2.75) is 6.54 Å². The summed E-state index contributed by atoms with van der Waals surface area (Å²) in [6.45, 7) is 0.586. The maximum absolute atomic E-state index is 12.2. The maximum Gasteiger partial charge on any atom is 0.335 e. The van der Waals surface area contributed by atoms with Crippen molar-refractivity contribution in [3.8, 4) is 5.75 Å². The summed E-state index contributed by atoms with van der Waals surface area (Å²) in [6.07, 6.45) is 3.51. The predicted octanol–water partition coefficient (Wildman–Crippen LogP) is 4.51. The molecule has 160 valence electrons. The molecule has 3 N–H and O–H groups in total. The van der Waals surface area contributed by atoms with E-state index in [0.717, 1.165) is 22.0 Å². The molecule has 1 amide bonds. The Morgan fingerprint density at radius 1 is 1.03 bits per heavy atom. The Hall–Kier alpha value is -4.10. The van der Waals surface area contributed by atoms with Crippen LogP contribution in [0, 0.1) is 0 Å². The number of aromatic nitrogens is 1. The lowest BCUT2D eigenvalue weighted by atomic mass is 10.1. The van der Waals surface area contributed by atoms with Gasteiger partial charge in [0, 0.05) is 34.8 Å². The van der Waals surface area contributed by atoms with Crippen LogP contribution in [0.3, 0.4) is 0 Å². The number of halogens is 1. The third kappa shape index (κ3) is 4.48. The van der Waals surface area contributed by atoms with Crippen LogP contribution in [0.5, 0.6) is 5.75 Å². The van der Waals surface area contributed by atoms with Gasteiger partial charge in [0.2, 0.25) is 0 Å². The number of nitrogens with zero attached hydrogens (tertiary/aromatic N) is 2. The van der Waals surface area contributed by atoms with E-state index in [2.05, 4.69) is 15.1 Å². The summed E-state index contributed by atoms with van der Waals surface area (Å²) in [4.78, 5) is 23.2. The number of fused-ring (bicyclic) bond motifs is 1. The molecule has 8 heteroatoms. The minimum atomic E-state index is -0.951. The van der Waals surface area contributed by atoms with Gasteiger partial charge in [0.25, 0.3) is 5.91 Å². The predicted molar refractivity (Wildman–Crippen MR) is 123 cm³/mol. The number of hydrogen-bond acceptors (Lipinski definition) is 4. The highest BCUT2D eigenvalue weighted by molar-refractivity contribution is 6.32. The average molecular weight is 448 g/mol. The molecule has 0 bridgehead atoms. The van der Waals surface area contributed by atoms with Gasteiger partial charge in [-0.05, 0) is 48.0 Å². The topological polar surface area (TPSA) is 104 Å². The number of aromatic carboxylic acids is 1. The van der Waals surface area contributed by atoms with Crippen LogP contribution >= 0.6 is 11.6 Å². The average Bonchev–Trinajstić information content (AvgIpc) is 3.19. The van der Waals surface area contributed by atoms with Gasteiger partial charge in [-0.1, -0.05) is 35.9 Å². The Morgan fingerprint density at radius 3 is 2.50 bits per heavy atom. The zero-order valence-corrected chi connectivity index (χ0v) is 17.5. The van der Waals surface area contributed by atoms with Crippen molar-refractivity contribution in [2.75, 3.05) is 0 Å². The van der Waals surface area contributed by atoms with E-state index >= 15 is 0 Å². The number of benzene rings is 3. The van der Waals surface area contributed by atoms with E-state index in [4.69, 9.17) is 16.7 Å². The van der Waals surface area contributed by atoms with E-state index in [0.29, 0.717) is 6.54 Å². The fourth-order valence-electron chi connectivity index (χ4n) is 3.32. The molecule has 0 aliphatic carbocycles. The fourth-order valence-corrected chi connectivity index (χ4v) is 3.50. The summed E-state index contributed by atoms with van der Waals surface area (Å²) in [7, 11) is 0. The molecule has 0 fully saturated rings. The van der Waals surface area contributed by atoms with Crippen LogP contribution in [0.1, 0.15) is 31.8 Å². The Labute approximate surface area is 188 Å². The molecule has 0 aliphatic heterocycles. The van der Waals surface area contributed by atoms with Crippen molar-refractivity contribution in [3.05, 3.63) is 100 Å². The van der Waals surface area contributed by atoms with Gasteiger partial charge in [-0.3, -0.25) is 4.79 Å². The SMILES string of the molecule is O=C(O)c1ccc(Cn2ccc3c(/C=N/NC(=O)c4ccc(O)c(Cl)c4)cccc32)cc1. The van der Waals surface area contributed by atoms with Crippen LogP contribution in [0.2, 0.25) is 5.02 Å². The first-order valence-electron chi connectivity index (χ1n) is 9.64. The zero-order chi connectivity index (χ0) is 22.7. The first kappa shape index (κ1) is 21.1. The van der Waals surface area contributed by atoms with Crippen molar-refractivity contribution in [1.82, 2.24) is 9.99 Å².